The average molecular weight is 337 g/mol. The van der Waals surface area contributed by atoms with Crippen LogP contribution < -0.4 is 16.9 Å². The first-order valence-corrected chi connectivity index (χ1v) is 6.87. The van der Waals surface area contributed by atoms with Gasteiger partial charge in [-0.25, -0.2) is 23.1 Å². The minimum atomic E-state index is -1.10. The molecule has 0 aliphatic rings. The van der Waals surface area contributed by atoms with E-state index in [-0.39, 0.29) is 0 Å². The lowest BCUT2D eigenvalue weighted by molar-refractivity contribution is 0.527. The van der Waals surface area contributed by atoms with E-state index < -0.39 is 28.7 Å². The van der Waals surface area contributed by atoms with Gasteiger partial charge in [-0.1, -0.05) is 11.6 Å². The van der Waals surface area contributed by atoms with Crippen LogP contribution in [0.5, 0.6) is 0 Å². The van der Waals surface area contributed by atoms with Crippen molar-refractivity contribution in [2.45, 2.75) is 6.92 Å². The van der Waals surface area contributed by atoms with Gasteiger partial charge in [0.05, 0.1) is 11.8 Å². The van der Waals surface area contributed by atoms with Crippen molar-refractivity contribution >= 4 is 17.4 Å². The van der Waals surface area contributed by atoms with Crippen molar-refractivity contribution in [3.05, 3.63) is 72.1 Å². The summed E-state index contributed by atoms with van der Waals surface area (Å²) in [4.78, 5) is 39.7. The molecular formula is C14H10ClFN4O3. The summed E-state index contributed by atoms with van der Waals surface area (Å²) in [7, 11) is 1.17. The summed E-state index contributed by atoms with van der Waals surface area (Å²) in [6.07, 6.45) is 0. The number of rotatable bonds is 1. The molecule has 0 unspecified atom stereocenters. The molecule has 1 aromatic carbocycles. The fraction of sp³-hybridized carbons (Fsp3) is 0.143. The van der Waals surface area contributed by atoms with Crippen molar-refractivity contribution in [2.75, 3.05) is 0 Å². The van der Waals surface area contributed by atoms with E-state index in [1.165, 1.54) is 13.1 Å². The van der Waals surface area contributed by atoms with Gasteiger partial charge in [-0.15, -0.1) is 0 Å². The molecule has 0 amide bonds. The Morgan fingerprint density at radius 3 is 2.52 bits per heavy atom. The van der Waals surface area contributed by atoms with Crippen molar-refractivity contribution in [3.63, 3.8) is 0 Å². The number of fused-ring (bicyclic) bond motifs is 1. The van der Waals surface area contributed by atoms with Crippen LogP contribution in [0.3, 0.4) is 0 Å². The van der Waals surface area contributed by atoms with Crippen LogP contribution in [0.1, 0.15) is 5.56 Å². The fourth-order valence-electron chi connectivity index (χ4n) is 2.21. The molecule has 0 aliphatic carbocycles. The highest BCUT2D eigenvalue weighted by molar-refractivity contribution is 6.31. The third-order valence-corrected chi connectivity index (χ3v) is 3.86. The molecule has 3 rings (SSSR count). The van der Waals surface area contributed by atoms with Gasteiger partial charge in [0.2, 0.25) is 11.7 Å². The highest BCUT2D eigenvalue weighted by Gasteiger charge is 2.16. The molecule has 0 aliphatic heterocycles. The molecule has 0 spiro atoms. The van der Waals surface area contributed by atoms with Crippen LogP contribution in [-0.4, -0.2) is 18.5 Å². The van der Waals surface area contributed by atoms with Gasteiger partial charge >= 0.3 is 11.4 Å². The maximum Gasteiger partial charge on any atom is 0.354 e. The second kappa shape index (κ2) is 5.17. The van der Waals surface area contributed by atoms with E-state index >= 15 is 0 Å². The minimum Gasteiger partial charge on any atom is -0.269 e. The molecule has 0 atom stereocenters. The summed E-state index contributed by atoms with van der Waals surface area (Å²) < 4.78 is 16.2. The average Bonchev–Trinajstić information content (AvgIpc) is 2.48. The van der Waals surface area contributed by atoms with E-state index in [4.69, 9.17) is 11.6 Å². The Bertz CT molecular complexity index is 1130. The zero-order valence-electron chi connectivity index (χ0n) is 12.1. The molecule has 0 radical (unpaired) electrons. The van der Waals surface area contributed by atoms with Crippen molar-refractivity contribution in [1.29, 1.82) is 0 Å². The van der Waals surface area contributed by atoms with Gasteiger partial charge in [0, 0.05) is 12.1 Å². The number of nitrogens with zero attached hydrogens (tertiary/aromatic N) is 4. The highest BCUT2D eigenvalue weighted by atomic mass is 35.5. The van der Waals surface area contributed by atoms with Crippen LogP contribution in [-0.2, 0) is 7.05 Å². The topological polar surface area (TPSA) is 78.4 Å². The first kappa shape index (κ1) is 15.2. The molecule has 2 heterocycles. The second-order valence-electron chi connectivity index (χ2n) is 4.95. The second-order valence-corrected chi connectivity index (χ2v) is 5.35. The smallest absolute Gasteiger partial charge is 0.269 e. The van der Waals surface area contributed by atoms with Gasteiger partial charge in [0.15, 0.2) is 0 Å². The van der Waals surface area contributed by atoms with Crippen LogP contribution in [0, 0.1) is 12.9 Å². The lowest BCUT2D eigenvalue weighted by Crippen LogP contribution is -2.41. The summed E-state index contributed by atoms with van der Waals surface area (Å²) in [5, 5.41) is 0.481. The molecule has 0 saturated heterocycles. The van der Waals surface area contributed by atoms with Gasteiger partial charge in [-0.3, -0.25) is 4.79 Å². The monoisotopic (exact) mass is 336 g/mol. The molecule has 0 N–H and O–H groups in total. The van der Waals surface area contributed by atoms with Gasteiger partial charge in [0.25, 0.3) is 5.56 Å². The predicted octanol–water partition coefficient (Wildman–Crippen LogP) is 0.645. The Morgan fingerprint density at radius 2 is 1.87 bits per heavy atom. The van der Waals surface area contributed by atoms with Crippen molar-refractivity contribution in [1.82, 2.24) is 18.5 Å². The Hall–Kier alpha value is -2.74. The van der Waals surface area contributed by atoms with Crippen molar-refractivity contribution < 1.29 is 4.39 Å². The molecule has 9 heteroatoms. The lowest BCUT2D eigenvalue weighted by atomic mass is 10.2. The van der Waals surface area contributed by atoms with E-state index in [1.807, 2.05) is 0 Å². The Morgan fingerprint density at radius 1 is 1.17 bits per heavy atom. The molecule has 2 aromatic heterocycles. The van der Waals surface area contributed by atoms with E-state index in [2.05, 4.69) is 4.98 Å². The zero-order chi connectivity index (χ0) is 16.9. The third-order valence-electron chi connectivity index (χ3n) is 3.44. The van der Waals surface area contributed by atoms with Crippen LogP contribution >= 0.6 is 11.6 Å². The maximum atomic E-state index is 14.0. The van der Waals surface area contributed by atoms with E-state index in [0.717, 1.165) is 4.57 Å². The van der Waals surface area contributed by atoms with E-state index in [9.17, 15) is 18.8 Å². The first-order chi connectivity index (χ1) is 10.8. The molecule has 0 saturated carbocycles. The normalized spacial score (nSPS) is 11.1. The number of aromatic nitrogens is 4. The standard InChI is InChI=1S/C14H10ClFN4O3/c1-7-5-8(3-4-9(7)15)19-11(21)6-10(16)20-12(19)17-13(22)18(2)14(20)23/h3-6H,1-2H3. The van der Waals surface area contributed by atoms with Crippen LogP contribution in [0.15, 0.2) is 38.6 Å². The van der Waals surface area contributed by atoms with E-state index in [0.29, 0.717) is 31.3 Å². The predicted molar refractivity (Wildman–Crippen MR) is 82.0 cm³/mol. The van der Waals surface area contributed by atoms with Crippen molar-refractivity contribution in [2.24, 2.45) is 7.05 Å². The number of aryl methyl sites for hydroxylation is 1. The Labute approximate surface area is 132 Å². The van der Waals surface area contributed by atoms with Crippen LogP contribution in [0.4, 0.5) is 4.39 Å². The molecule has 118 valence electrons. The summed E-state index contributed by atoms with van der Waals surface area (Å²) in [5.41, 5.74) is -1.60. The third kappa shape index (κ3) is 2.27. The van der Waals surface area contributed by atoms with Gasteiger partial charge in [-0.2, -0.15) is 9.37 Å². The number of hydrogen-bond donors (Lipinski definition) is 0. The fourth-order valence-corrected chi connectivity index (χ4v) is 2.32. The summed E-state index contributed by atoms with van der Waals surface area (Å²) in [6, 6.07) is 5.30. The Balaban J connectivity index is 2.56. The minimum absolute atomic E-state index is 0.314. The van der Waals surface area contributed by atoms with Crippen molar-refractivity contribution in [3.8, 4) is 5.69 Å². The molecule has 23 heavy (non-hydrogen) atoms. The zero-order valence-corrected chi connectivity index (χ0v) is 12.8. The van der Waals surface area contributed by atoms with Gasteiger partial charge < -0.3 is 0 Å². The van der Waals surface area contributed by atoms with Gasteiger partial charge in [0.1, 0.15) is 0 Å². The SMILES string of the molecule is Cc1cc(-n2c(=O)cc(F)n3c(=O)n(C)c(=O)nc23)ccc1Cl. The number of hydrogen-bond acceptors (Lipinski definition) is 4. The van der Waals surface area contributed by atoms with Crippen LogP contribution in [0.2, 0.25) is 5.02 Å². The number of halogens is 2. The highest BCUT2D eigenvalue weighted by Crippen LogP contribution is 2.18. The maximum absolute atomic E-state index is 14.0. The summed E-state index contributed by atoms with van der Waals surface area (Å²) >= 11 is 5.95. The molecule has 0 fully saturated rings. The summed E-state index contributed by atoms with van der Waals surface area (Å²) in [6.45, 7) is 1.72. The number of benzene rings is 1. The molecule has 3 aromatic rings. The summed E-state index contributed by atoms with van der Waals surface area (Å²) in [5.74, 6) is -1.50. The van der Waals surface area contributed by atoms with Crippen LogP contribution in [0.25, 0.3) is 11.5 Å². The van der Waals surface area contributed by atoms with E-state index in [1.54, 1.807) is 19.1 Å². The molecule has 7 nitrogen and oxygen atoms in total. The molecule has 0 bridgehead atoms. The quantitative estimate of drug-likeness (QED) is 0.611. The Kier molecular flexibility index (Phi) is 3.41. The van der Waals surface area contributed by atoms with Gasteiger partial charge in [-0.05, 0) is 30.7 Å². The first-order valence-electron chi connectivity index (χ1n) is 6.49. The molecular weight excluding hydrogens is 327 g/mol. The lowest BCUT2D eigenvalue weighted by Gasteiger charge is -2.12. The largest absolute Gasteiger partial charge is 0.354 e.